The Hall–Kier alpha value is -2.44. The van der Waals surface area contributed by atoms with Crippen LogP contribution in [0.1, 0.15) is 18.9 Å². The molecule has 0 saturated carbocycles. The van der Waals surface area contributed by atoms with Crippen molar-refractivity contribution in [1.29, 1.82) is 0 Å². The topological polar surface area (TPSA) is 52.8 Å². The average molecular weight is 385 g/mol. The molecular formula is C21H24N2O3S. The molecule has 1 amide bonds. The van der Waals surface area contributed by atoms with Gasteiger partial charge in [0.2, 0.25) is 5.91 Å². The van der Waals surface area contributed by atoms with Gasteiger partial charge in [0.15, 0.2) is 4.80 Å². The van der Waals surface area contributed by atoms with Crippen LogP contribution in [0, 0.1) is 0 Å². The molecule has 3 aromatic rings. The lowest BCUT2D eigenvalue weighted by molar-refractivity contribution is -0.118. The highest BCUT2D eigenvalue weighted by Gasteiger charge is 2.09. The molecule has 0 saturated heterocycles. The van der Waals surface area contributed by atoms with Crippen molar-refractivity contribution in [2.24, 2.45) is 4.99 Å². The van der Waals surface area contributed by atoms with E-state index in [9.17, 15) is 4.79 Å². The largest absolute Gasteiger partial charge is 0.494 e. The summed E-state index contributed by atoms with van der Waals surface area (Å²) in [4.78, 5) is 17.5. The first kappa shape index (κ1) is 19.3. The number of amides is 1. The lowest BCUT2D eigenvalue weighted by Crippen LogP contribution is -2.19. The number of methoxy groups -OCH3 is 1. The van der Waals surface area contributed by atoms with Crippen molar-refractivity contribution in [3.05, 3.63) is 58.9 Å². The molecule has 0 aliphatic heterocycles. The standard InChI is InChI=1S/C21H24N2O3S/c1-3-26-17-10-11-18-19(15-17)27-21(23(18)13-14-25-2)22-20(24)12-9-16-7-5-4-6-8-16/h4-8,10-11,15H,3,9,12-14H2,1-2H3. The van der Waals surface area contributed by atoms with Crippen molar-refractivity contribution < 1.29 is 14.3 Å². The maximum absolute atomic E-state index is 12.4. The lowest BCUT2D eigenvalue weighted by atomic mass is 10.1. The first-order chi connectivity index (χ1) is 13.2. The third kappa shape index (κ3) is 5.05. The Kier molecular flexibility index (Phi) is 6.79. The molecule has 0 N–H and O–H groups in total. The van der Waals surface area contributed by atoms with Crippen LogP contribution in [0.25, 0.3) is 10.2 Å². The van der Waals surface area contributed by atoms with Crippen LogP contribution in [-0.4, -0.2) is 30.8 Å². The Bertz CT molecular complexity index is 960. The highest BCUT2D eigenvalue weighted by molar-refractivity contribution is 7.16. The predicted molar refractivity (Wildman–Crippen MR) is 108 cm³/mol. The Morgan fingerprint density at radius 2 is 2.00 bits per heavy atom. The summed E-state index contributed by atoms with van der Waals surface area (Å²) in [5.74, 6) is 0.716. The number of aromatic nitrogens is 1. The molecule has 3 rings (SSSR count). The first-order valence-electron chi connectivity index (χ1n) is 9.08. The highest BCUT2D eigenvalue weighted by atomic mass is 32.1. The number of hydrogen-bond donors (Lipinski definition) is 0. The number of fused-ring (bicyclic) bond motifs is 1. The lowest BCUT2D eigenvalue weighted by Gasteiger charge is -2.06. The van der Waals surface area contributed by atoms with Crippen LogP contribution >= 0.6 is 11.3 Å². The summed E-state index contributed by atoms with van der Waals surface area (Å²) >= 11 is 1.50. The van der Waals surface area contributed by atoms with E-state index in [-0.39, 0.29) is 5.91 Å². The van der Waals surface area contributed by atoms with E-state index in [1.54, 1.807) is 7.11 Å². The van der Waals surface area contributed by atoms with E-state index < -0.39 is 0 Å². The molecule has 0 unspecified atom stereocenters. The minimum absolute atomic E-state index is 0.110. The summed E-state index contributed by atoms with van der Waals surface area (Å²) < 4.78 is 13.9. The van der Waals surface area contributed by atoms with E-state index in [0.717, 1.165) is 21.5 Å². The zero-order valence-corrected chi connectivity index (χ0v) is 16.5. The normalized spacial score (nSPS) is 11.9. The smallest absolute Gasteiger partial charge is 0.248 e. The molecule has 0 aliphatic carbocycles. The maximum atomic E-state index is 12.4. The van der Waals surface area contributed by atoms with Crippen molar-refractivity contribution >= 4 is 27.5 Å². The van der Waals surface area contributed by atoms with E-state index in [1.807, 2.05) is 60.0 Å². The van der Waals surface area contributed by atoms with Crippen molar-refractivity contribution in [1.82, 2.24) is 4.57 Å². The Morgan fingerprint density at radius 1 is 1.19 bits per heavy atom. The molecule has 0 spiro atoms. The Balaban J connectivity index is 1.88. The van der Waals surface area contributed by atoms with Gasteiger partial charge in [-0.1, -0.05) is 41.7 Å². The van der Waals surface area contributed by atoms with Gasteiger partial charge >= 0.3 is 0 Å². The quantitative estimate of drug-likeness (QED) is 0.593. The number of carbonyl (C=O) groups is 1. The SMILES string of the molecule is CCOc1ccc2c(c1)sc(=NC(=O)CCc1ccccc1)n2CCOC. The number of aryl methyl sites for hydroxylation is 1. The average Bonchev–Trinajstić information content (AvgIpc) is 3.02. The summed E-state index contributed by atoms with van der Waals surface area (Å²) in [6.45, 7) is 3.79. The summed E-state index contributed by atoms with van der Waals surface area (Å²) in [5.41, 5.74) is 2.18. The molecular weight excluding hydrogens is 360 g/mol. The fourth-order valence-corrected chi connectivity index (χ4v) is 3.95. The van der Waals surface area contributed by atoms with Gasteiger partial charge in [0, 0.05) is 20.1 Å². The summed E-state index contributed by atoms with van der Waals surface area (Å²) in [6, 6.07) is 16.0. The van der Waals surface area contributed by atoms with Gasteiger partial charge < -0.3 is 14.0 Å². The van der Waals surface area contributed by atoms with Gasteiger partial charge in [-0.15, -0.1) is 0 Å². The van der Waals surface area contributed by atoms with Crippen molar-refractivity contribution in [3.8, 4) is 5.75 Å². The second kappa shape index (κ2) is 9.48. The van der Waals surface area contributed by atoms with Crippen molar-refractivity contribution in [3.63, 3.8) is 0 Å². The van der Waals surface area contributed by atoms with Crippen LogP contribution in [-0.2, 0) is 22.5 Å². The van der Waals surface area contributed by atoms with Gasteiger partial charge in [-0.3, -0.25) is 4.79 Å². The molecule has 6 heteroatoms. The Morgan fingerprint density at radius 3 is 2.74 bits per heavy atom. The number of thiazole rings is 1. The fourth-order valence-electron chi connectivity index (χ4n) is 2.85. The molecule has 27 heavy (non-hydrogen) atoms. The zero-order chi connectivity index (χ0) is 19.1. The maximum Gasteiger partial charge on any atom is 0.248 e. The van der Waals surface area contributed by atoms with E-state index in [0.29, 0.717) is 37.4 Å². The van der Waals surface area contributed by atoms with Crippen LogP contribution in [0.15, 0.2) is 53.5 Å². The number of ether oxygens (including phenoxy) is 2. The summed E-state index contributed by atoms with van der Waals surface area (Å²) in [6.07, 6.45) is 1.09. The first-order valence-corrected chi connectivity index (χ1v) is 9.89. The van der Waals surface area contributed by atoms with Crippen LogP contribution in [0.2, 0.25) is 0 Å². The molecule has 0 fully saturated rings. The number of hydrogen-bond acceptors (Lipinski definition) is 4. The van der Waals surface area contributed by atoms with Gasteiger partial charge in [-0.25, -0.2) is 0 Å². The van der Waals surface area contributed by atoms with Gasteiger partial charge in [-0.05, 0) is 37.1 Å². The number of nitrogens with zero attached hydrogens (tertiary/aromatic N) is 2. The number of carbonyl (C=O) groups excluding carboxylic acids is 1. The molecule has 0 aliphatic rings. The molecule has 5 nitrogen and oxygen atoms in total. The number of benzene rings is 2. The van der Waals surface area contributed by atoms with Gasteiger partial charge in [-0.2, -0.15) is 4.99 Å². The molecule has 2 aromatic carbocycles. The van der Waals surface area contributed by atoms with Crippen molar-refractivity contribution in [2.45, 2.75) is 26.3 Å². The minimum Gasteiger partial charge on any atom is -0.494 e. The van der Waals surface area contributed by atoms with E-state index >= 15 is 0 Å². The summed E-state index contributed by atoms with van der Waals surface area (Å²) in [5, 5.41) is 0. The third-order valence-electron chi connectivity index (χ3n) is 4.17. The third-order valence-corrected chi connectivity index (χ3v) is 5.22. The van der Waals surface area contributed by atoms with Crippen LogP contribution in [0.4, 0.5) is 0 Å². The van der Waals surface area contributed by atoms with Crippen LogP contribution in [0.3, 0.4) is 0 Å². The molecule has 0 radical (unpaired) electrons. The number of rotatable bonds is 8. The molecule has 1 heterocycles. The van der Waals surface area contributed by atoms with Gasteiger partial charge in [0.1, 0.15) is 5.75 Å². The molecule has 0 bridgehead atoms. The predicted octanol–water partition coefficient (Wildman–Crippen LogP) is 3.81. The molecule has 1 aromatic heterocycles. The van der Waals surface area contributed by atoms with E-state index in [4.69, 9.17) is 9.47 Å². The van der Waals surface area contributed by atoms with E-state index in [1.165, 1.54) is 11.3 Å². The molecule has 142 valence electrons. The highest BCUT2D eigenvalue weighted by Crippen LogP contribution is 2.23. The van der Waals surface area contributed by atoms with Crippen molar-refractivity contribution in [2.75, 3.05) is 20.3 Å². The van der Waals surface area contributed by atoms with E-state index in [2.05, 4.69) is 4.99 Å². The van der Waals surface area contributed by atoms with Gasteiger partial charge in [0.25, 0.3) is 0 Å². The Labute approximate surface area is 162 Å². The minimum atomic E-state index is -0.110. The zero-order valence-electron chi connectivity index (χ0n) is 15.7. The molecule has 0 atom stereocenters. The van der Waals surface area contributed by atoms with Gasteiger partial charge in [0.05, 0.1) is 23.4 Å². The monoisotopic (exact) mass is 384 g/mol. The fraction of sp³-hybridized carbons (Fsp3) is 0.333. The summed E-state index contributed by atoms with van der Waals surface area (Å²) in [7, 11) is 1.67. The second-order valence-electron chi connectivity index (χ2n) is 6.08. The van der Waals surface area contributed by atoms with Crippen LogP contribution in [0.5, 0.6) is 5.75 Å². The van der Waals surface area contributed by atoms with Crippen LogP contribution < -0.4 is 9.54 Å². The second-order valence-corrected chi connectivity index (χ2v) is 7.09.